The number of thioether (sulfide) groups is 1. The van der Waals surface area contributed by atoms with Gasteiger partial charge in [-0.15, -0.1) is 10.2 Å². The average Bonchev–Trinajstić information content (AvgIpc) is 2.82. The number of piperidine rings is 1. The number of hydrogen-bond acceptors (Lipinski definition) is 7. The zero-order valence-electron chi connectivity index (χ0n) is 18.9. The van der Waals surface area contributed by atoms with E-state index in [1.54, 1.807) is 7.11 Å². The second-order valence-corrected chi connectivity index (χ2v) is 8.82. The van der Waals surface area contributed by atoms with Crippen LogP contribution in [0.15, 0.2) is 35.4 Å². The highest BCUT2D eigenvalue weighted by molar-refractivity contribution is 7.99. The van der Waals surface area contributed by atoms with E-state index < -0.39 is 0 Å². The molecule has 0 radical (unpaired) electrons. The second kappa shape index (κ2) is 11.7. The van der Waals surface area contributed by atoms with Crippen LogP contribution in [-0.4, -0.2) is 54.5 Å². The lowest BCUT2D eigenvalue weighted by atomic mass is 9.96. The minimum absolute atomic E-state index is 0.0751. The fourth-order valence-corrected chi connectivity index (χ4v) is 4.18. The van der Waals surface area contributed by atoms with Crippen molar-refractivity contribution in [1.82, 2.24) is 15.5 Å². The monoisotopic (exact) mass is 457 g/mol. The van der Waals surface area contributed by atoms with E-state index in [0.29, 0.717) is 16.5 Å². The molecule has 3 rings (SSSR count). The molecule has 32 heavy (non-hydrogen) atoms. The van der Waals surface area contributed by atoms with Gasteiger partial charge in [0, 0.05) is 25.6 Å². The minimum atomic E-state index is -0.131. The van der Waals surface area contributed by atoms with E-state index in [2.05, 4.69) is 32.7 Å². The van der Waals surface area contributed by atoms with E-state index in [-0.39, 0.29) is 23.5 Å². The van der Waals surface area contributed by atoms with Crippen molar-refractivity contribution in [3.8, 4) is 5.75 Å². The molecule has 2 aromatic rings. The molecule has 8 nitrogen and oxygen atoms in total. The molecule has 0 aliphatic carbocycles. The topological polar surface area (TPSA) is 96.5 Å². The lowest BCUT2D eigenvalue weighted by Crippen LogP contribution is -2.41. The molecule has 2 heterocycles. The lowest BCUT2D eigenvalue weighted by Gasteiger charge is -2.31. The van der Waals surface area contributed by atoms with Gasteiger partial charge < -0.3 is 20.3 Å². The van der Waals surface area contributed by atoms with Crippen molar-refractivity contribution < 1.29 is 14.3 Å². The number of amides is 2. The summed E-state index contributed by atoms with van der Waals surface area (Å²) in [6.45, 7) is 6.32. The summed E-state index contributed by atoms with van der Waals surface area (Å²) in [5.41, 5.74) is 1.70. The summed E-state index contributed by atoms with van der Waals surface area (Å²) in [7, 11) is 1.58. The molecule has 0 bridgehead atoms. The molecular formula is C23H31N5O3S. The van der Waals surface area contributed by atoms with Crippen molar-refractivity contribution in [3.05, 3.63) is 35.9 Å². The van der Waals surface area contributed by atoms with Crippen molar-refractivity contribution in [3.63, 3.8) is 0 Å². The molecule has 1 fully saturated rings. The Labute approximate surface area is 193 Å². The quantitative estimate of drug-likeness (QED) is 0.558. The number of carbonyl (C=O) groups excluding carboxylic acids is 2. The number of benzene rings is 1. The first-order chi connectivity index (χ1) is 15.5. The number of aromatic nitrogens is 2. The van der Waals surface area contributed by atoms with Crippen LogP contribution in [0.2, 0.25) is 0 Å². The number of rotatable bonds is 9. The van der Waals surface area contributed by atoms with Crippen LogP contribution >= 0.6 is 11.8 Å². The van der Waals surface area contributed by atoms with Crippen LogP contribution in [0, 0.1) is 12.8 Å². The largest absolute Gasteiger partial charge is 0.495 e. The molecule has 0 saturated carbocycles. The van der Waals surface area contributed by atoms with Gasteiger partial charge in [0.15, 0.2) is 5.82 Å². The van der Waals surface area contributed by atoms with E-state index in [1.807, 2.05) is 37.3 Å². The Hall–Kier alpha value is -2.81. The van der Waals surface area contributed by atoms with Gasteiger partial charge in [0.1, 0.15) is 10.8 Å². The third kappa shape index (κ3) is 6.59. The van der Waals surface area contributed by atoms with Crippen molar-refractivity contribution in [2.24, 2.45) is 5.92 Å². The number of hydrogen-bond donors (Lipinski definition) is 2. The minimum Gasteiger partial charge on any atom is -0.495 e. The van der Waals surface area contributed by atoms with Gasteiger partial charge in [-0.1, -0.05) is 24.8 Å². The summed E-state index contributed by atoms with van der Waals surface area (Å²) in [5, 5.41) is 15.1. The van der Waals surface area contributed by atoms with Gasteiger partial charge in [-0.25, -0.2) is 0 Å². The van der Waals surface area contributed by atoms with Gasteiger partial charge in [0.25, 0.3) is 0 Å². The van der Waals surface area contributed by atoms with Crippen LogP contribution in [0.5, 0.6) is 5.75 Å². The molecule has 1 aromatic heterocycles. The summed E-state index contributed by atoms with van der Waals surface area (Å²) in [6.07, 6.45) is 2.58. The second-order valence-electron chi connectivity index (χ2n) is 7.82. The molecule has 9 heteroatoms. The van der Waals surface area contributed by atoms with Gasteiger partial charge in [-0.3, -0.25) is 9.59 Å². The van der Waals surface area contributed by atoms with Gasteiger partial charge in [0.2, 0.25) is 11.8 Å². The summed E-state index contributed by atoms with van der Waals surface area (Å²) in [4.78, 5) is 26.6. The van der Waals surface area contributed by atoms with E-state index in [0.717, 1.165) is 50.3 Å². The Balaban J connectivity index is 1.47. The van der Waals surface area contributed by atoms with Crippen LogP contribution in [0.4, 0.5) is 11.5 Å². The lowest BCUT2D eigenvalue weighted by molar-refractivity contribution is -0.125. The van der Waals surface area contributed by atoms with Crippen molar-refractivity contribution in [2.75, 3.05) is 42.7 Å². The molecule has 0 spiro atoms. The number of methoxy groups -OCH3 is 1. The molecule has 1 aliphatic rings. The first kappa shape index (κ1) is 23.8. The zero-order valence-corrected chi connectivity index (χ0v) is 19.7. The average molecular weight is 458 g/mol. The molecule has 1 aromatic carbocycles. The van der Waals surface area contributed by atoms with Crippen LogP contribution in [-0.2, 0) is 9.59 Å². The predicted octanol–water partition coefficient (Wildman–Crippen LogP) is 3.27. The van der Waals surface area contributed by atoms with Crippen molar-refractivity contribution >= 4 is 35.1 Å². The summed E-state index contributed by atoms with van der Waals surface area (Å²) in [6, 6.07) is 9.46. The fourth-order valence-electron chi connectivity index (χ4n) is 3.57. The smallest absolute Gasteiger partial charge is 0.234 e. The summed E-state index contributed by atoms with van der Waals surface area (Å²) < 4.78 is 5.30. The fraction of sp³-hybridized carbons (Fsp3) is 0.478. The van der Waals surface area contributed by atoms with Crippen molar-refractivity contribution in [2.45, 2.75) is 38.1 Å². The van der Waals surface area contributed by atoms with E-state index in [9.17, 15) is 9.59 Å². The van der Waals surface area contributed by atoms with Crippen LogP contribution in [0.25, 0.3) is 0 Å². The maximum atomic E-state index is 12.4. The van der Waals surface area contributed by atoms with Crippen LogP contribution < -0.4 is 20.3 Å². The maximum Gasteiger partial charge on any atom is 0.234 e. The molecular weight excluding hydrogens is 426 g/mol. The highest BCUT2D eigenvalue weighted by Gasteiger charge is 2.25. The van der Waals surface area contributed by atoms with E-state index in [4.69, 9.17) is 4.74 Å². The molecule has 2 amide bonds. The molecule has 0 atom stereocenters. The number of aryl methyl sites for hydroxylation is 1. The number of nitrogens with one attached hydrogen (secondary N) is 2. The molecule has 2 N–H and O–H groups in total. The summed E-state index contributed by atoms with van der Waals surface area (Å²) in [5.74, 6) is 1.76. The van der Waals surface area contributed by atoms with Crippen LogP contribution in [0.3, 0.4) is 0 Å². The van der Waals surface area contributed by atoms with Gasteiger partial charge >= 0.3 is 0 Å². The maximum absolute atomic E-state index is 12.4. The third-order valence-electron chi connectivity index (χ3n) is 5.35. The number of carbonyl (C=O) groups is 2. The standard InChI is InChI=1S/C23H31N5O3S/c1-4-11-24-23(30)17-9-12-28(13-10-17)20-7-8-22(27-26-20)32-15-21(29)25-18-14-16(2)5-6-19(18)31-3/h5-8,14,17H,4,9-13,15H2,1-3H3,(H,24,30)(H,25,29). The zero-order chi connectivity index (χ0) is 22.9. The number of ether oxygens (including phenoxy) is 1. The Morgan fingerprint density at radius 3 is 2.62 bits per heavy atom. The Morgan fingerprint density at radius 2 is 1.97 bits per heavy atom. The van der Waals surface area contributed by atoms with Crippen LogP contribution in [0.1, 0.15) is 31.7 Å². The highest BCUT2D eigenvalue weighted by Crippen LogP contribution is 2.26. The van der Waals surface area contributed by atoms with Gasteiger partial charge in [0.05, 0.1) is 18.6 Å². The number of anilines is 2. The Bertz CT molecular complexity index is 914. The number of nitrogens with zero attached hydrogens (tertiary/aromatic N) is 3. The Morgan fingerprint density at radius 1 is 1.19 bits per heavy atom. The first-order valence-electron chi connectivity index (χ1n) is 10.9. The van der Waals surface area contributed by atoms with E-state index in [1.165, 1.54) is 11.8 Å². The van der Waals surface area contributed by atoms with E-state index >= 15 is 0 Å². The predicted molar refractivity (Wildman–Crippen MR) is 127 cm³/mol. The summed E-state index contributed by atoms with van der Waals surface area (Å²) >= 11 is 1.33. The Kier molecular flexibility index (Phi) is 8.72. The molecule has 1 aliphatic heterocycles. The molecule has 1 saturated heterocycles. The van der Waals surface area contributed by atoms with Crippen molar-refractivity contribution in [1.29, 1.82) is 0 Å². The molecule has 172 valence electrons. The van der Waals surface area contributed by atoms with Gasteiger partial charge in [-0.05, 0) is 56.0 Å². The molecule has 0 unspecified atom stereocenters. The SMILES string of the molecule is CCCNC(=O)C1CCN(c2ccc(SCC(=O)Nc3cc(C)ccc3OC)nn2)CC1. The highest BCUT2D eigenvalue weighted by atomic mass is 32.2. The van der Waals surface area contributed by atoms with Gasteiger partial charge in [-0.2, -0.15) is 0 Å². The normalized spacial score (nSPS) is 14.2. The third-order valence-corrected chi connectivity index (χ3v) is 6.27. The first-order valence-corrected chi connectivity index (χ1v) is 11.9.